The number of hydrogen-bond acceptors (Lipinski definition) is 1. The van der Waals surface area contributed by atoms with Gasteiger partial charge in [0.15, 0.2) is 0 Å². The average Bonchev–Trinajstić information content (AvgIpc) is 3.62. The lowest BCUT2D eigenvalue weighted by Gasteiger charge is -2.19. The van der Waals surface area contributed by atoms with Crippen LogP contribution in [-0.2, 0) is 6.18 Å². The molecule has 5 heteroatoms. The van der Waals surface area contributed by atoms with E-state index in [1.54, 1.807) is 0 Å². The fourth-order valence-electron chi connectivity index (χ4n) is 8.08. The van der Waals surface area contributed by atoms with Crippen LogP contribution in [-0.4, -0.2) is 9.55 Å². The molecule has 0 radical (unpaired) electrons. The zero-order valence-electron chi connectivity index (χ0n) is 29.4. The Morgan fingerprint density at radius 3 is 1.65 bits per heavy atom. The van der Waals surface area contributed by atoms with E-state index in [1.165, 1.54) is 22.4 Å². The number of fused-ring (bicyclic) bond motifs is 4. The van der Waals surface area contributed by atoms with Crippen molar-refractivity contribution < 1.29 is 13.2 Å². The van der Waals surface area contributed by atoms with Crippen molar-refractivity contribution in [2.75, 3.05) is 0 Å². The molecule has 0 aliphatic carbocycles. The molecule has 0 amide bonds. The number of alkyl halides is 3. The van der Waals surface area contributed by atoms with Crippen LogP contribution in [0.5, 0.6) is 0 Å². The molecular formula is C50H31F3N2. The molecule has 55 heavy (non-hydrogen) atoms. The average molecular weight is 717 g/mol. The molecule has 0 N–H and O–H groups in total. The Labute approximate surface area is 315 Å². The number of imidazole rings is 1. The minimum absolute atomic E-state index is 0.274. The summed E-state index contributed by atoms with van der Waals surface area (Å²) < 4.78 is 43.9. The Balaban J connectivity index is 1.21. The molecule has 1 aromatic heterocycles. The van der Waals surface area contributed by atoms with Crippen molar-refractivity contribution in [2.24, 2.45) is 0 Å². The summed E-state index contributed by atoms with van der Waals surface area (Å²) in [6.45, 7) is 0. The predicted octanol–water partition coefficient (Wildman–Crippen LogP) is 14.2. The number of aromatic nitrogens is 2. The topological polar surface area (TPSA) is 17.8 Å². The highest BCUT2D eigenvalue weighted by molar-refractivity contribution is 6.21. The van der Waals surface area contributed by atoms with E-state index in [9.17, 15) is 13.2 Å². The number of hydrogen-bond donors (Lipinski definition) is 0. The second kappa shape index (κ2) is 12.9. The summed E-state index contributed by atoms with van der Waals surface area (Å²) in [5.41, 5.74) is 8.18. The first kappa shape index (κ1) is 32.7. The monoisotopic (exact) mass is 716 g/mol. The number of nitrogens with zero attached hydrogens (tertiary/aromatic N) is 2. The van der Waals surface area contributed by atoms with Gasteiger partial charge in [-0.15, -0.1) is 0 Å². The van der Waals surface area contributed by atoms with Gasteiger partial charge in [-0.25, -0.2) is 4.98 Å². The molecule has 0 spiro atoms. The van der Waals surface area contributed by atoms with E-state index < -0.39 is 11.7 Å². The van der Waals surface area contributed by atoms with Crippen molar-refractivity contribution in [3.63, 3.8) is 0 Å². The quantitative estimate of drug-likeness (QED) is 0.162. The molecule has 10 rings (SSSR count). The summed E-state index contributed by atoms with van der Waals surface area (Å²) >= 11 is 0. The van der Waals surface area contributed by atoms with Gasteiger partial charge in [0.1, 0.15) is 5.82 Å². The van der Waals surface area contributed by atoms with Crippen LogP contribution >= 0.6 is 0 Å². The molecule has 0 aliphatic heterocycles. The zero-order valence-corrected chi connectivity index (χ0v) is 29.4. The Hall–Kier alpha value is -6.98. The lowest BCUT2D eigenvalue weighted by atomic mass is 9.85. The highest BCUT2D eigenvalue weighted by Gasteiger charge is 2.31. The first-order valence-corrected chi connectivity index (χ1v) is 18.2. The van der Waals surface area contributed by atoms with Gasteiger partial charge in [0, 0.05) is 11.3 Å². The van der Waals surface area contributed by atoms with Gasteiger partial charge in [-0.1, -0.05) is 146 Å². The first-order chi connectivity index (χ1) is 26.9. The molecule has 0 saturated carbocycles. The number of benzene rings is 9. The van der Waals surface area contributed by atoms with Gasteiger partial charge in [-0.2, -0.15) is 13.2 Å². The summed E-state index contributed by atoms with van der Waals surface area (Å²) in [6.07, 6.45) is -4.49. The SMILES string of the molecule is FC(F)(F)c1ccc2c(c1)nc(-c1cccc(-c3ccccc3)c1)n2-c1cccc(-c2c3ccccc3c(-c3ccc4ccccc4c3)c3ccccc23)c1. The lowest BCUT2D eigenvalue weighted by Crippen LogP contribution is -2.04. The molecule has 262 valence electrons. The van der Waals surface area contributed by atoms with Crippen LogP contribution in [0.2, 0.25) is 0 Å². The Morgan fingerprint density at radius 1 is 0.400 bits per heavy atom. The van der Waals surface area contributed by atoms with E-state index in [0.29, 0.717) is 11.3 Å². The summed E-state index contributed by atoms with van der Waals surface area (Å²) in [6, 6.07) is 62.3. The van der Waals surface area contributed by atoms with E-state index in [-0.39, 0.29) is 5.52 Å². The van der Waals surface area contributed by atoms with Crippen molar-refractivity contribution in [3.8, 4) is 50.5 Å². The summed E-state index contributed by atoms with van der Waals surface area (Å²) in [7, 11) is 0. The minimum atomic E-state index is -4.49. The van der Waals surface area contributed by atoms with Crippen LogP contribution in [0.25, 0.3) is 93.8 Å². The Kier molecular flexibility index (Phi) is 7.63. The maximum Gasteiger partial charge on any atom is 0.416 e. The van der Waals surface area contributed by atoms with E-state index in [4.69, 9.17) is 4.98 Å². The first-order valence-electron chi connectivity index (χ1n) is 18.2. The third-order valence-corrected chi connectivity index (χ3v) is 10.6. The molecule has 0 unspecified atom stereocenters. The molecule has 0 aliphatic rings. The smallest absolute Gasteiger partial charge is 0.292 e. The van der Waals surface area contributed by atoms with Gasteiger partial charge < -0.3 is 0 Å². The van der Waals surface area contributed by atoms with Gasteiger partial charge in [-0.3, -0.25) is 4.57 Å². The molecule has 0 saturated heterocycles. The Morgan fingerprint density at radius 2 is 0.964 bits per heavy atom. The van der Waals surface area contributed by atoms with E-state index in [1.807, 2.05) is 71.3 Å². The fourth-order valence-corrected chi connectivity index (χ4v) is 8.08. The van der Waals surface area contributed by atoms with Crippen LogP contribution in [0.4, 0.5) is 13.2 Å². The zero-order chi connectivity index (χ0) is 37.1. The summed E-state index contributed by atoms with van der Waals surface area (Å²) in [4.78, 5) is 4.90. The highest BCUT2D eigenvalue weighted by atomic mass is 19.4. The fraction of sp³-hybridized carbons (Fsp3) is 0.0200. The molecule has 1 heterocycles. The van der Waals surface area contributed by atoms with Crippen LogP contribution in [0.15, 0.2) is 188 Å². The maximum atomic E-state index is 14.0. The van der Waals surface area contributed by atoms with E-state index >= 15 is 0 Å². The molecular weight excluding hydrogens is 686 g/mol. The third-order valence-electron chi connectivity index (χ3n) is 10.6. The maximum absolute atomic E-state index is 14.0. The van der Waals surface area contributed by atoms with Crippen molar-refractivity contribution in [1.82, 2.24) is 9.55 Å². The second-order valence-corrected chi connectivity index (χ2v) is 13.9. The van der Waals surface area contributed by atoms with Gasteiger partial charge in [0.25, 0.3) is 0 Å². The number of halogens is 3. The second-order valence-electron chi connectivity index (χ2n) is 13.9. The highest BCUT2D eigenvalue weighted by Crippen LogP contribution is 2.45. The molecule has 0 atom stereocenters. The van der Waals surface area contributed by atoms with Crippen molar-refractivity contribution in [1.29, 1.82) is 0 Å². The number of rotatable bonds is 5. The summed E-state index contributed by atoms with van der Waals surface area (Å²) in [5.74, 6) is 0.561. The lowest BCUT2D eigenvalue weighted by molar-refractivity contribution is -0.137. The molecule has 10 aromatic rings. The Bertz CT molecular complexity index is 3030. The largest absolute Gasteiger partial charge is 0.416 e. The van der Waals surface area contributed by atoms with Crippen LogP contribution in [0, 0.1) is 0 Å². The van der Waals surface area contributed by atoms with Crippen molar-refractivity contribution in [2.45, 2.75) is 6.18 Å². The van der Waals surface area contributed by atoms with Crippen LogP contribution in [0.3, 0.4) is 0 Å². The minimum Gasteiger partial charge on any atom is -0.292 e. The predicted molar refractivity (Wildman–Crippen MR) is 220 cm³/mol. The van der Waals surface area contributed by atoms with Crippen molar-refractivity contribution >= 4 is 43.4 Å². The standard InChI is InChI=1S/C50H31F3N2/c51-50(52,53)39-26-27-46-45(31-39)54-49(38-18-10-16-35(29-38)32-12-2-1-3-13-32)55(46)40-19-11-17-36(30-40)47-41-20-6-8-22-43(41)48(44-23-9-7-21-42(44)47)37-25-24-33-14-4-5-15-34(33)28-37/h1-31H. The van der Waals surface area contributed by atoms with Crippen LogP contribution in [0.1, 0.15) is 5.56 Å². The van der Waals surface area contributed by atoms with Gasteiger partial charge in [0.2, 0.25) is 0 Å². The van der Waals surface area contributed by atoms with E-state index in [0.717, 1.165) is 72.7 Å². The molecule has 2 nitrogen and oxygen atoms in total. The van der Waals surface area contributed by atoms with E-state index in [2.05, 4.69) is 103 Å². The molecule has 0 bridgehead atoms. The third kappa shape index (κ3) is 5.64. The van der Waals surface area contributed by atoms with Crippen LogP contribution < -0.4 is 0 Å². The van der Waals surface area contributed by atoms with Crippen molar-refractivity contribution in [3.05, 3.63) is 194 Å². The summed E-state index contributed by atoms with van der Waals surface area (Å²) in [5, 5.41) is 6.89. The van der Waals surface area contributed by atoms with Gasteiger partial charge in [-0.05, 0) is 108 Å². The normalized spacial score (nSPS) is 11.9. The van der Waals surface area contributed by atoms with Gasteiger partial charge >= 0.3 is 6.18 Å². The van der Waals surface area contributed by atoms with Gasteiger partial charge in [0.05, 0.1) is 16.6 Å². The molecule has 9 aromatic carbocycles. The molecule has 0 fully saturated rings.